The summed E-state index contributed by atoms with van der Waals surface area (Å²) in [5.74, 6) is 0. The summed E-state index contributed by atoms with van der Waals surface area (Å²) in [5.41, 5.74) is 5.02. The lowest BCUT2D eigenvalue weighted by Crippen LogP contribution is -2.35. The molecule has 1 aliphatic rings. The van der Waals surface area contributed by atoms with E-state index in [2.05, 4.69) is 53.2 Å². The van der Waals surface area contributed by atoms with E-state index in [0.29, 0.717) is 0 Å². The van der Waals surface area contributed by atoms with Gasteiger partial charge in [0.25, 0.3) is 0 Å². The molecule has 0 spiro atoms. The Hall–Kier alpha value is -2.13. The van der Waals surface area contributed by atoms with Crippen LogP contribution in [0.25, 0.3) is 10.9 Å². The SMILES string of the molecule is Cc1[nH]c2ccccc2c1[C@H](c1ccccn1)N1CCCCC1. The Kier molecular flexibility index (Phi) is 3.88. The van der Waals surface area contributed by atoms with Crippen molar-refractivity contribution in [3.8, 4) is 0 Å². The fourth-order valence-electron chi connectivity index (χ4n) is 3.88. The molecule has 23 heavy (non-hydrogen) atoms. The van der Waals surface area contributed by atoms with Gasteiger partial charge in [0.15, 0.2) is 0 Å². The molecule has 1 fully saturated rings. The van der Waals surface area contributed by atoms with Crippen LogP contribution in [0, 0.1) is 6.92 Å². The molecule has 118 valence electrons. The molecule has 1 N–H and O–H groups in total. The van der Waals surface area contributed by atoms with Gasteiger partial charge in [-0.25, -0.2) is 0 Å². The molecular formula is C20H23N3. The third-order valence-electron chi connectivity index (χ3n) is 4.94. The van der Waals surface area contributed by atoms with Gasteiger partial charge in [0.2, 0.25) is 0 Å². The van der Waals surface area contributed by atoms with Crippen LogP contribution in [-0.2, 0) is 0 Å². The summed E-state index contributed by atoms with van der Waals surface area (Å²) in [7, 11) is 0. The number of likely N-dealkylation sites (tertiary alicyclic amines) is 1. The number of aromatic amines is 1. The van der Waals surface area contributed by atoms with Crippen molar-refractivity contribution < 1.29 is 0 Å². The average Bonchev–Trinajstić information content (AvgIpc) is 2.94. The van der Waals surface area contributed by atoms with Crippen LogP contribution in [-0.4, -0.2) is 28.0 Å². The predicted octanol–water partition coefficient (Wildman–Crippen LogP) is 4.45. The smallest absolute Gasteiger partial charge is 0.0799 e. The molecule has 1 aliphatic heterocycles. The van der Waals surface area contributed by atoms with Crippen LogP contribution in [0.2, 0.25) is 0 Å². The second-order valence-corrected chi connectivity index (χ2v) is 6.46. The van der Waals surface area contributed by atoms with E-state index in [1.165, 1.54) is 41.4 Å². The Labute approximate surface area is 137 Å². The number of fused-ring (bicyclic) bond motifs is 1. The quantitative estimate of drug-likeness (QED) is 0.775. The minimum absolute atomic E-state index is 0.243. The molecule has 3 heterocycles. The number of H-pyrrole nitrogens is 1. The molecule has 0 saturated carbocycles. The first-order valence-corrected chi connectivity index (χ1v) is 8.57. The highest BCUT2D eigenvalue weighted by atomic mass is 15.2. The third-order valence-corrected chi connectivity index (χ3v) is 4.94. The standard InChI is InChI=1S/C20H23N3/c1-15-19(16-9-3-4-10-17(16)22-15)20(18-11-5-6-12-21-18)23-13-7-2-8-14-23/h3-6,9-12,20,22H,2,7-8,13-14H2,1H3/t20-/m0/s1. The third kappa shape index (κ3) is 2.66. The molecule has 3 heteroatoms. The molecule has 3 nitrogen and oxygen atoms in total. The number of nitrogens with one attached hydrogen (secondary N) is 1. The van der Waals surface area contributed by atoms with Crippen molar-refractivity contribution >= 4 is 10.9 Å². The Morgan fingerprint density at radius 2 is 1.78 bits per heavy atom. The number of pyridine rings is 1. The number of benzene rings is 1. The molecular weight excluding hydrogens is 282 g/mol. The maximum atomic E-state index is 4.70. The Morgan fingerprint density at radius 3 is 2.57 bits per heavy atom. The van der Waals surface area contributed by atoms with Crippen LogP contribution in [0.3, 0.4) is 0 Å². The first-order chi connectivity index (χ1) is 11.3. The van der Waals surface area contributed by atoms with Gasteiger partial charge >= 0.3 is 0 Å². The fraction of sp³-hybridized carbons (Fsp3) is 0.350. The molecule has 0 aliphatic carbocycles. The van der Waals surface area contributed by atoms with Crippen LogP contribution < -0.4 is 0 Å². The number of hydrogen-bond donors (Lipinski definition) is 1. The minimum atomic E-state index is 0.243. The lowest BCUT2D eigenvalue weighted by Gasteiger charge is -2.34. The molecule has 0 unspecified atom stereocenters. The van der Waals surface area contributed by atoms with Crippen molar-refractivity contribution in [1.82, 2.24) is 14.9 Å². The molecule has 0 radical (unpaired) electrons. The van der Waals surface area contributed by atoms with Gasteiger partial charge in [-0.2, -0.15) is 0 Å². The number of rotatable bonds is 3. The molecule has 0 amide bonds. The largest absolute Gasteiger partial charge is 0.358 e. The summed E-state index contributed by atoms with van der Waals surface area (Å²) in [4.78, 5) is 10.9. The summed E-state index contributed by atoms with van der Waals surface area (Å²) in [6.45, 7) is 4.50. The van der Waals surface area contributed by atoms with Crippen molar-refractivity contribution in [2.75, 3.05) is 13.1 Å². The van der Waals surface area contributed by atoms with Gasteiger partial charge in [0, 0.05) is 28.4 Å². The first-order valence-electron chi connectivity index (χ1n) is 8.57. The maximum absolute atomic E-state index is 4.70. The van der Waals surface area contributed by atoms with Gasteiger partial charge < -0.3 is 4.98 Å². The van der Waals surface area contributed by atoms with E-state index in [9.17, 15) is 0 Å². The summed E-state index contributed by atoms with van der Waals surface area (Å²) in [6.07, 6.45) is 5.82. The number of aryl methyl sites for hydroxylation is 1. The number of piperidine rings is 1. The lowest BCUT2D eigenvalue weighted by molar-refractivity contribution is 0.185. The molecule has 1 saturated heterocycles. The van der Waals surface area contributed by atoms with Crippen molar-refractivity contribution in [2.24, 2.45) is 0 Å². The molecule has 1 aromatic carbocycles. The Balaban J connectivity index is 1.88. The van der Waals surface area contributed by atoms with Gasteiger partial charge in [0.1, 0.15) is 0 Å². The van der Waals surface area contributed by atoms with Crippen LogP contribution in [0.15, 0.2) is 48.7 Å². The molecule has 2 aromatic heterocycles. The van der Waals surface area contributed by atoms with Crippen LogP contribution >= 0.6 is 0 Å². The minimum Gasteiger partial charge on any atom is -0.358 e. The summed E-state index contributed by atoms with van der Waals surface area (Å²) >= 11 is 0. The van der Waals surface area contributed by atoms with E-state index >= 15 is 0 Å². The number of nitrogens with zero attached hydrogens (tertiary/aromatic N) is 2. The van der Waals surface area contributed by atoms with Gasteiger partial charge in [-0.05, 0) is 51.1 Å². The van der Waals surface area contributed by atoms with Gasteiger partial charge in [0.05, 0.1) is 11.7 Å². The average molecular weight is 305 g/mol. The second-order valence-electron chi connectivity index (χ2n) is 6.46. The number of aromatic nitrogens is 2. The van der Waals surface area contributed by atoms with Crippen molar-refractivity contribution in [3.05, 3.63) is 65.6 Å². The number of hydrogen-bond acceptors (Lipinski definition) is 2. The van der Waals surface area contributed by atoms with Crippen LogP contribution in [0.1, 0.15) is 42.3 Å². The highest BCUT2D eigenvalue weighted by Gasteiger charge is 2.28. The van der Waals surface area contributed by atoms with E-state index in [-0.39, 0.29) is 6.04 Å². The fourth-order valence-corrected chi connectivity index (χ4v) is 3.88. The number of para-hydroxylation sites is 1. The Morgan fingerprint density at radius 1 is 1.00 bits per heavy atom. The van der Waals surface area contributed by atoms with Gasteiger partial charge in [-0.1, -0.05) is 30.7 Å². The van der Waals surface area contributed by atoms with Crippen molar-refractivity contribution in [3.63, 3.8) is 0 Å². The molecule has 3 aromatic rings. The summed E-state index contributed by atoms with van der Waals surface area (Å²) in [6, 6.07) is 15.1. The lowest BCUT2D eigenvalue weighted by atomic mass is 9.96. The zero-order chi connectivity index (χ0) is 15.6. The second kappa shape index (κ2) is 6.17. The van der Waals surface area contributed by atoms with E-state index in [4.69, 9.17) is 4.98 Å². The predicted molar refractivity (Wildman–Crippen MR) is 94.5 cm³/mol. The Bertz CT molecular complexity index is 785. The maximum Gasteiger partial charge on any atom is 0.0799 e. The zero-order valence-electron chi connectivity index (χ0n) is 13.6. The summed E-state index contributed by atoms with van der Waals surface area (Å²) in [5, 5.41) is 1.33. The van der Waals surface area contributed by atoms with Crippen LogP contribution in [0.5, 0.6) is 0 Å². The topological polar surface area (TPSA) is 31.9 Å². The van der Waals surface area contributed by atoms with Gasteiger partial charge in [-0.15, -0.1) is 0 Å². The monoisotopic (exact) mass is 305 g/mol. The van der Waals surface area contributed by atoms with Crippen molar-refractivity contribution in [2.45, 2.75) is 32.2 Å². The highest BCUT2D eigenvalue weighted by Crippen LogP contribution is 2.36. The van der Waals surface area contributed by atoms with Crippen LogP contribution in [0.4, 0.5) is 0 Å². The molecule has 4 rings (SSSR count). The zero-order valence-corrected chi connectivity index (χ0v) is 13.6. The molecule has 0 bridgehead atoms. The van der Waals surface area contributed by atoms with E-state index in [1.54, 1.807) is 0 Å². The van der Waals surface area contributed by atoms with E-state index in [1.807, 2.05) is 12.3 Å². The van der Waals surface area contributed by atoms with Crippen molar-refractivity contribution in [1.29, 1.82) is 0 Å². The summed E-state index contributed by atoms with van der Waals surface area (Å²) < 4.78 is 0. The van der Waals surface area contributed by atoms with E-state index < -0.39 is 0 Å². The van der Waals surface area contributed by atoms with Gasteiger partial charge in [-0.3, -0.25) is 9.88 Å². The highest BCUT2D eigenvalue weighted by molar-refractivity contribution is 5.85. The molecule has 1 atom stereocenters. The van der Waals surface area contributed by atoms with E-state index in [0.717, 1.165) is 18.8 Å². The first kappa shape index (κ1) is 14.5. The normalized spacial score (nSPS) is 17.4.